The highest BCUT2D eigenvalue weighted by Crippen LogP contribution is 2.32. The third-order valence-corrected chi connectivity index (χ3v) is 4.72. The molecule has 0 unspecified atom stereocenters. The number of carbonyl (C=O) groups is 1. The lowest BCUT2D eigenvalue weighted by Gasteiger charge is -2.11. The molecule has 0 bridgehead atoms. The molecule has 3 N–H and O–H groups in total. The third kappa shape index (κ3) is 3.27. The van der Waals surface area contributed by atoms with Gasteiger partial charge < -0.3 is 10.8 Å². The predicted molar refractivity (Wildman–Crippen MR) is 68.9 cm³/mol. The van der Waals surface area contributed by atoms with E-state index in [2.05, 4.69) is 47.8 Å². The highest BCUT2D eigenvalue weighted by molar-refractivity contribution is 9.13. The van der Waals surface area contributed by atoms with E-state index in [-0.39, 0.29) is 6.42 Å². The summed E-state index contributed by atoms with van der Waals surface area (Å²) in [6.45, 7) is 0. The Kier molecular flexibility index (Phi) is 4.76. The van der Waals surface area contributed by atoms with Crippen LogP contribution in [0.1, 0.15) is 5.56 Å². The van der Waals surface area contributed by atoms with E-state index in [4.69, 9.17) is 10.8 Å². The molecule has 1 rings (SSSR count). The monoisotopic (exact) mass is 399 g/mol. The minimum Gasteiger partial charge on any atom is -0.480 e. The molecule has 1 aromatic carbocycles. The second kappa shape index (κ2) is 5.43. The molecule has 6 heteroatoms. The molecule has 0 spiro atoms. The SMILES string of the molecule is N[C@@H](Cc1c(Br)ccc(Br)c1Br)C(=O)O. The van der Waals surface area contributed by atoms with E-state index < -0.39 is 12.0 Å². The lowest BCUT2D eigenvalue weighted by molar-refractivity contribution is -0.138. The van der Waals surface area contributed by atoms with Crippen molar-refractivity contribution in [2.75, 3.05) is 0 Å². The van der Waals surface area contributed by atoms with Gasteiger partial charge in [-0.05, 0) is 49.6 Å². The summed E-state index contributed by atoms with van der Waals surface area (Å²) in [5, 5.41) is 8.73. The Morgan fingerprint density at radius 3 is 2.40 bits per heavy atom. The van der Waals surface area contributed by atoms with Crippen LogP contribution >= 0.6 is 47.8 Å². The van der Waals surface area contributed by atoms with Gasteiger partial charge in [0.05, 0.1) is 0 Å². The van der Waals surface area contributed by atoms with Crippen LogP contribution in [0.4, 0.5) is 0 Å². The summed E-state index contributed by atoms with van der Waals surface area (Å²) in [7, 11) is 0. The Bertz CT molecular complexity index is 395. The number of benzene rings is 1. The molecule has 3 nitrogen and oxygen atoms in total. The Balaban J connectivity index is 3.03. The van der Waals surface area contributed by atoms with Gasteiger partial charge in [-0.1, -0.05) is 15.9 Å². The van der Waals surface area contributed by atoms with Crippen LogP contribution in [0.5, 0.6) is 0 Å². The fourth-order valence-electron chi connectivity index (χ4n) is 1.06. The quantitative estimate of drug-likeness (QED) is 0.765. The second-order valence-electron chi connectivity index (χ2n) is 2.97. The maximum Gasteiger partial charge on any atom is 0.320 e. The van der Waals surface area contributed by atoms with Crippen molar-refractivity contribution in [1.29, 1.82) is 0 Å². The molecule has 0 aliphatic rings. The Morgan fingerprint density at radius 2 is 1.87 bits per heavy atom. The Morgan fingerprint density at radius 1 is 1.33 bits per heavy atom. The lowest BCUT2D eigenvalue weighted by atomic mass is 10.1. The smallest absolute Gasteiger partial charge is 0.320 e. The molecular formula is C9H8Br3NO2. The van der Waals surface area contributed by atoms with Gasteiger partial charge in [0.15, 0.2) is 0 Å². The molecule has 0 amide bonds. The molecule has 0 saturated heterocycles. The van der Waals surface area contributed by atoms with E-state index in [0.717, 1.165) is 19.0 Å². The minimum absolute atomic E-state index is 0.274. The molecule has 0 radical (unpaired) electrons. The van der Waals surface area contributed by atoms with Crippen LogP contribution in [0.2, 0.25) is 0 Å². The van der Waals surface area contributed by atoms with Gasteiger partial charge >= 0.3 is 5.97 Å². The van der Waals surface area contributed by atoms with Crippen molar-refractivity contribution in [3.8, 4) is 0 Å². The number of hydrogen-bond acceptors (Lipinski definition) is 2. The van der Waals surface area contributed by atoms with Gasteiger partial charge in [-0.25, -0.2) is 0 Å². The van der Waals surface area contributed by atoms with Gasteiger partial charge in [0.2, 0.25) is 0 Å². The topological polar surface area (TPSA) is 63.3 Å². The van der Waals surface area contributed by atoms with E-state index in [1.54, 1.807) is 0 Å². The van der Waals surface area contributed by atoms with E-state index in [1.807, 2.05) is 12.1 Å². The Hall–Kier alpha value is 0.0900. The summed E-state index contributed by atoms with van der Waals surface area (Å²) in [5.41, 5.74) is 6.33. The van der Waals surface area contributed by atoms with Crippen molar-refractivity contribution in [1.82, 2.24) is 0 Å². The summed E-state index contributed by atoms with van der Waals surface area (Å²) in [4.78, 5) is 10.6. The molecule has 1 aromatic rings. The first-order valence-corrected chi connectivity index (χ1v) is 6.42. The largest absolute Gasteiger partial charge is 0.480 e. The molecule has 0 saturated carbocycles. The second-order valence-corrected chi connectivity index (χ2v) is 5.47. The van der Waals surface area contributed by atoms with Crippen LogP contribution in [0.25, 0.3) is 0 Å². The normalized spacial score (nSPS) is 12.5. The van der Waals surface area contributed by atoms with Crippen LogP contribution in [0.15, 0.2) is 25.6 Å². The van der Waals surface area contributed by atoms with Crippen LogP contribution in [-0.4, -0.2) is 17.1 Å². The number of aliphatic carboxylic acids is 1. The molecule has 0 heterocycles. The summed E-state index contributed by atoms with van der Waals surface area (Å²) in [5.74, 6) is -1.01. The van der Waals surface area contributed by atoms with Crippen LogP contribution in [0.3, 0.4) is 0 Å². The fraction of sp³-hybridized carbons (Fsp3) is 0.222. The van der Waals surface area contributed by atoms with E-state index in [1.165, 1.54) is 0 Å². The first-order valence-electron chi connectivity index (χ1n) is 4.04. The standard InChI is InChI=1S/C9H8Br3NO2/c10-5-1-2-6(11)8(12)4(5)3-7(13)9(14)15/h1-2,7H,3,13H2,(H,14,15)/t7-/m0/s1. The van der Waals surface area contributed by atoms with Gasteiger partial charge in [-0.2, -0.15) is 0 Å². The number of carboxylic acid groups (broad SMARTS) is 1. The molecule has 1 atom stereocenters. The van der Waals surface area contributed by atoms with Crippen molar-refractivity contribution in [3.05, 3.63) is 31.1 Å². The van der Waals surface area contributed by atoms with Crippen LogP contribution in [-0.2, 0) is 11.2 Å². The van der Waals surface area contributed by atoms with Crippen molar-refractivity contribution in [2.45, 2.75) is 12.5 Å². The first-order chi connectivity index (χ1) is 6.93. The minimum atomic E-state index is -1.01. The zero-order valence-corrected chi connectivity index (χ0v) is 12.3. The molecule has 0 aliphatic carbocycles. The maximum atomic E-state index is 10.6. The first kappa shape index (κ1) is 13.2. The number of carboxylic acids is 1. The van der Waals surface area contributed by atoms with Gasteiger partial charge in [-0.3, -0.25) is 4.79 Å². The van der Waals surface area contributed by atoms with Crippen molar-refractivity contribution in [2.24, 2.45) is 5.73 Å². The zero-order chi connectivity index (χ0) is 11.6. The van der Waals surface area contributed by atoms with Crippen molar-refractivity contribution < 1.29 is 9.90 Å². The van der Waals surface area contributed by atoms with Crippen LogP contribution < -0.4 is 5.73 Å². The van der Waals surface area contributed by atoms with E-state index in [9.17, 15) is 4.79 Å². The average molecular weight is 402 g/mol. The number of hydrogen-bond donors (Lipinski definition) is 2. The van der Waals surface area contributed by atoms with Gasteiger partial charge in [0, 0.05) is 19.8 Å². The van der Waals surface area contributed by atoms with Gasteiger partial charge in [0.1, 0.15) is 6.04 Å². The summed E-state index contributed by atoms with van der Waals surface area (Å²) >= 11 is 10.1. The lowest BCUT2D eigenvalue weighted by Crippen LogP contribution is -2.32. The average Bonchev–Trinajstić information content (AvgIpc) is 2.18. The highest BCUT2D eigenvalue weighted by atomic mass is 79.9. The van der Waals surface area contributed by atoms with E-state index in [0.29, 0.717) is 0 Å². The van der Waals surface area contributed by atoms with Gasteiger partial charge in [0.25, 0.3) is 0 Å². The Labute approximate surface area is 112 Å². The van der Waals surface area contributed by atoms with Crippen molar-refractivity contribution >= 4 is 53.8 Å². The van der Waals surface area contributed by atoms with Crippen molar-refractivity contribution in [3.63, 3.8) is 0 Å². The maximum absolute atomic E-state index is 10.6. The van der Waals surface area contributed by atoms with Gasteiger partial charge in [-0.15, -0.1) is 0 Å². The zero-order valence-electron chi connectivity index (χ0n) is 7.51. The molecule has 0 aliphatic heterocycles. The summed E-state index contributed by atoms with van der Waals surface area (Å²) in [6.07, 6.45) is 0.274. The fourth-order valence-corrected chi connectivity index (χ4v) is 2.70. The molecule has 0 fully saturated rings. The number of halogens is 3. The highest BCUT2D eigenvalue weighted by Gasteiger charge is 2.17. The summed E-state index contributed by atoms with van der Waals surface area (Å²) < 4.78 is 2.54. The molecule has 15 heavy (non-hydrogen) atoms. The number of rotatable bonds is 3. The number of nitrogens with two attached hydrogens (primary N) is 1. The molecular weight excluding hydrogens is 394 g/mol. The summed E-state index contributed by atoms with van der Waals surface area (Å²) in [6, 6.07) is 2.81. The van der Waals surface area contributed by atoms with E-state index >= 15 is 0 Å². The third-order valence-electron chi connectivity index (χ3n) is 1.88. The predicted octanol–water partition coefficient (Wildman–Crippen LogP) is 2.93. The molecule has 82 valence electrons. The molecule has 0 aromatic heterocycles. The van der Waals surface area contributed by atoms with Crippen LogP contribution in [0, 0.1) is 0 Å².